The van der Waals surface area contributed by atoms with Gasteiger partial charge in [-0.2, -0.15) is 9.78 Å². The van der Waals surface area contributed by atoms with Crippen LogP contribution in [0.1, 0.15) is 76.6 Å². The number of carbonyl (C=O) groups is 1. The number of carbonyl (C=O) groups excluding carboxylic acids is 1. The van der Waals surface area contributed by atoms with Gasteiger partial charge in [-0.25, -0.2) is 4.98 Å². The van der Waals surface area contributed by atoms with Gasteiger partial charge in [-0.1, -0.05) is 39.5 Å². The SMILES string of the molecule is CCCCC1CCC(C(=O)Nc2cc(C)nn2-c2nc(CCC)cc(=O)[nH]2)CC1. The largest absolute Gasteiger partial charge is 0.310 e. The number of amides is 1. The summed E-state index contributed by atoms with van der Waals surface area (Å²) in [5.41, 5.74) is 1.27. The van der Waals surface area contributed by atoms with Gasteiger partial charge in [-0.05, 0) is 44.9 Å². The maximum atomic E-state index is 12.9. The first-order valence-corrected chi connectivity index (χ1v) is 11.0. The molecule has 1 aliphatic carbocycles. The molecule has 29 heavy (non-hydrogen) atoms. The van der Waals surface area contributed by atoms with Gasteiger partial charge in [-0.15, -0.1) is 0 Å². The van der Waals surface area contributed by atoms with Crippen LogP contribution in [-0.2, 0) is 11.2 Å². The first kappa shape index (κ1) is 21.3. The summed E-state index contributed by atoms with van der Waals surface area (Å²) in [7, 11) is 0. The van der Waals surface area contributed by atoms with Crippen LogP contribution in [0, 0.1) is 18.8 Å². The highest BCUT2D eigenvalue weighted by molar-refractivity contribution is 5.92. The number of aromatic amines is 1. The number of H-pyrrole nitrogens is 1. The van der Waals surface area contributed by atoms with Gasteiger partial charge in [-0.3, -0.25) is 14.6 Å². The quantitative estimate of drug-likeness (QED) is 0.697. The van der Waals surface area contributed by atoms with Crippen LogP contribution >= 0.6 is 0 Å². The van der Waals surface area contributed by atoms with Crippen molar-refractivity contribution in [3.05, 3.63) is 33.9 Å². The molecule has 1 amide bonds. The monoisotopic (exact) mass is 399 g/mol. The van der Waals surface area contributed by atoms with Crippen LogP contribution in [0.4, 0.5) is 5.82 Å². The fourth-order valence-corrected chi connectivity index (χ4v) is 4.16. The highest BCUT2D eigenvalue weighted by Crippen LogP contribution is 2.32. The van der Waals surface area contributed by atoms with Gasteiger partial charge in [0.15, 0.2) is 0 Å². The molecule has 1 saturated carbocycles. The summed E-state index contributed by atoms with van der Waals surface area (Å²) in [6.07, 6.45) is 9.56. The van der Waals surface area contributed by atoms with E-state index in [0.29, 0.717) is 11.8 Å². The second-order valence-electron chi connectivity index (χ2n) is 8.24. The van der Waals surface area contributed by atoms with Crippen LogP contribution in [0.25, 0.3) is 5.95 Å². The molecule has 0 aliphatic heterocycles. The van der Waals surface area contributed by atoms with Crippen LogP contribution < -0.4 is 10.9 Å². The fourth-order valence-electron chi connectivity index (χ4n) is 4.16. The molecule has 0 bridgehead atoms. The normalized spacial score (nSPS) is 19.3. The molecule has 2 N–H and O–H groups in total. The lowest BCUT2D eigenvalue weighted by Crippen LogP contribution is -2.28. The molecular weight excluding hydrogens is 366 g/mol. The maximum absolute atomic E-state index is 12.9. The lowest BCUT2D eigenvalue weighted by Gasteiger charge is -2.27. The molecule has 158 valence electrons. The standard InChI is InChI=1S/C22H33N5O2/c1-4-6-8-16-9-11-17(12-10-16)21(29)24-19-13-15(3)26-27(19)22-23-18(7-5-2)14-20(28)25-22/h13-14,16-17H,4-12H2,1-3H3,(H,24,29)(H,23,25,28). The zero-order valence-corrected chi connectivity index (χ0v) is 17.8. The Morgan fingerprint density at radius 2 is 1.97 bits per heavy atom. The Bertz CT molecular complexity index is 878. The number of anilines is 1. The molecule has 2 aromatic heterocycles. The summed E-state index contributed by atoms with van der Waals surface area (Å²) in [6, 6.07) is 3.33. The third-order valence-corrected chi connectivity index (χ3v) is 5.76. The fraction of sp³-hybridized carbons (Fsp3) is 0.636. The molecule has 0 saturated heterocycles. The Balaban J connectivity index is 1.72. The molecule has 7 nitrogen and oxygen atoms in total. The van der Waals surface area contributed by atoms with Crippen molar-refractivity contribution in [2.75, 3.05) is 5.32 Å². The van der Waals surface area contributed by atoms with Crippen LogP contribution in [0.5, 0.6) is 0 Å². The van der Waals surface area contributed by atoms with E-state index in [1.54, 1.807) is 0 Å². The molecular formula is C22H33N5O2. The van der Waals surface area contributed by atoms with Gasteiger partial charge in [0.2, 0.25) is 11.9 Å². The van der Waals surface area contributed by atoms with Crippen molar-refractivity contribution in [1.82, 2.24) is 19.7 Å². The summed E-state index contributed by atoms with van der Waals surface area (Å²) >= 11 is 0. The second kappa shape index (κ2) is 9.85. The smallest absolute Gasteiger partial charge is 0.252 e. The van der Waals surface area contributed by atoms with Gasteiger partial charge in [0, 0.05) is 23.7 Å². The summed E-state index contributed by atoms with van der Waals surface area (Å²) in [6.45, 7) is 6.13. The minimum Gasteiger partial charge on any atom is -0.310 e. The highest BCUT2D eigenvalue weighted by Gasteiger charge is 2.27. The molecule has 1 aliphatic rings. The molecule has 0 unspecified atom stereocenters. The van der Waals surface area contributed by atoms with E-state index in [0.717, 1.165) is 55.8 Å². The third-order valence-electron chi connectivity index (χ3n) is 5.76. The van der Waals surface area contributed by atoms with Gasteiger partial charge in [0.1, 0.15) is 5.82 Å². The molecule has 0 aromatic carbocycles. The Labute approximate surface area is 172 Å². The molecule has 1 fully saturated rings. The van der Waals surface area contributed by atoms with E-state index in [-0.39, 0.29) is 17.4 Å². The van der Waals surface area contributed by atoms with E-state index in [9.17, 15) is 9.59 Å². The van der Waals surface area contributed by atoms with E-state index in [2.05, 4.69) is 27.3 Å². The Morgan fingerprint density at radius 1 is 1.21 bits per heavy atom. The van der Waals surface area contributed by atoms with Crippen molar-refractivity contribution in [3.63, 3.8) is 0 Å². The van der Waals surface area contributed by atoms with Crippen molar-refractivity contribution >= 4 is 11.7 Å². The number of aryl methyl sites for hydroxylation is 2. The number of hydrogen-bond donors (Lipinski definition) is 2. The maximum Gasteiger partial charge on any atom is 0.252 e. The van der Waals surface area contributed by atoms with E-state index < -0.39 is 0 Å². The van der Waals surface area contributed by atoms with Crippen molar-refractivity contribution in [2.24, 2.45) is 11.8 Å². The van der Waals surface area contributed by atoms with Crippen LogP contribution in [0.15, 0.2) is 16.9 Å². The van der Waals surface area contributed by atoms with Gasteiger partial charge in [0.25, 0.3) is 5.56 Å². The van der Waals surface area contributed by atoms with E-state index in [1.807, 2.05) is 19.9 Å². The number of hydrogen-bond acceptors (Lipinski definition) is 4. The number of nitrogens with one attached hydrogen (secondary N) is 2. The average Bonchev–Trinajstić information content (AvgIpc) is 3.06. The summed E-state index contributed by atoms with van der Waals surface area (Å²) in [5.74, 6) is 1.73. The molecule has 0 radical (unpaired) electrons. The van der Waals surface area contributed by atoms with E-state index >= 15 is 0 Å². The summed E-state index contributed by atoms with van der Waals surface area (Å²) < 4.78 is 1.53. The Hall–Kier alpha value is -2.44. The van der Waals surface area contributed by atoms with E-state index in [4.69, 9.17) is 0 Å². The summed E-state index contributed by atoms with van der Waals surface area (Å²) in [5, 5.41) is 7.46. The topological polar surface area (TPSA) is 92.7 Å². The van der Waals surface area contributed by atoms with Crippen molar-refractivity contribution in [2.45, 2.75) is 78.6 Å². The van der Waals surface area contributed by atoms with Gasteiger partial charge in [0.05, 0.1) is 5.69 Å². The van der Waals surface area contributed by atoms with Crippen LogP contribution in [0.3, 0.4) is 0 Å². The predicted molar refractivity (Wildman–Crippen MR) is 114 cm³/mol. The van der Waals surface area contributed by atoms with Crippen LogP contribution in [0.2, 0.25) is 0 Å². The molecule has 2 aromatic rings. The summed E-state index contributed by atoms with van der Waals surface area (Å²) in [4.78, 5) is 32.2. The van der Waals surface area contributed by atoms with Crippen molar-refractivity contribution in [1.29, 1.82) is 0 Å². The lowest BCUT2D eigenvalue weighted by atomic mass is 9.79. The number of aromatic nitrogens is 4. The Morgan fingerprint density at radius 3 is 2.66 bits per heavy atom. The zero-order valence-electron chi connectivity index (χ0n) is 17.8. The Kier molecular flexibility index (Phi) is 7.23. The molecule has 2 heterocycles. The van der Waals surface area contributed by atoms with Crippen molar-refractivity contribution in [3.8, 4) is 5.95 Å². The first-order valence-electron chi connectivity index (χ1n) is 11.0. The van der Waals surface area contributed by atoms with Crippen LogP contribution in [-0.4, -0.2) is 25.7 Å². The van der Waals surface area contributed by atoms with Gasteiger partial charge >= 0.3 is 0 Å². The van der Waals surface area contributed by atoms with Gasteiger partial charge < -0.3 is 5.32 Å². The molecule has 0 atom stereocenters. The lowest BCUT2D eigenvalue weighted by molar-refractivity contribution is -0.121. The van der Waals surface area contributed by atoms with Crippen molar-refractivity contribution < 1.29 is 4.79 Å². The molecule has 3 rings (SSSR count). The minimum absolute atomic E-state index is 0.0344. The first-order chi connectivity index (χ1) is 14.0. The zero-order chi connectivity index (χ0) is 20.8. The van der Waals surface area contributed by atoms with E-state index in [1.165, 1.54) is 30.0 Å². The highest BCUT2D eigenvalue weighted by atomic mass is 16.2. The second-order valence-corrected chi connectivity index (χ2v) is 8.24. The predicted octanol–water partition coefficient (Wildman–Crippen LogP) is 4.15. The molecule has 7 heteroatoms. The number of unbranched alkanes of at least 4 members (excludes halogenated alkanes) is 1. The minimum atomic E-state index is -0.214. The number of rotatable bonds is 8. The number of nitrogens with zero attached hydrogens (tertiary/aromatic N) is 3. The average molecular weight is 400 g/mol. The molecule has 0 spiro atoms. The third kappa shape index (κ3) is 5.55.